The maximum Gasteiger partial charge on any atom is 0.416 e. The Morgan fingerprint density at radius 1 is 1.17 bits per heavy atom. The van der Waals surface area contributed by atoms with Gasteiger partial charge in [0.25, 0.3) is 0 Å². The molecule has 0 saturated carbocycles. The first kappa shape index (κ1) is 23.9. The van der Waals surface area contributed by atoms with Crippen molar-refractivity contribution in [1.29, 1.82) is 0 Å². The van der Waals surface area contributed by atoms with E-state index in [1.807, 2.05) is 6.92 Å². The van der Waals surface area contributed by atoms with Gasteiger partial charge >= 0.3 is 12.1 Å². The maximum atomic E-state index is 13.2. The lowest BCUT2D eigenvalue weighted by Crippen LogP contribution is -2.13. The van der Waals surface area contributed by atoms with E-state index in [4.69, 9.17) is 4.74 Å². The number of H-pyrrole nitrogens is 2. The summed E-state index contributed by atoms with van der Waals surface area (Å²) in [6, 6.07) is 9.67. The van der Waals surface area contributed by atoms with Crippen LogP contribution in [0.4, 0.5) is 13.2 Å². The van der Waals surface area contributed by atoms with Gasteiger partial charge in [0.2, 0.25) is 5.82 Å². The number of tetrazole rings is 1. The molecule has 9 nitrogen and oxygen atoms in total. The molecule has 3 N–H and O–H groups in total. The molecule has 0 aliphatic carbocycles. The average Bonchev–Trinajstić information content (AvgIpc) is 3.51. The zero-order valence-electron chi connectivity index (χ0n) is 18.5. The lowest BCUT2D eigenvalue weighted by molar-refractivity contribution is -0.138. The molecule has 4 rings (SSSR count). The average molecular weight is 486 g/mol. The summed E-state index contributed by atoms with van der Waals surface area (Å²) in [5, 5.41) is 23.0. The van der Waals surface area contributed by atoms with E-state index in [-0.39, 0.29) is 18.0 Å². The summed E-state index contributed by atoms with van der Waals surface area (Å²) in [6.45, 7) is 1.94. The van der Waals surface area contributed by atoms with Gasteiger partial charge in [-0.05, 0) is 41.5 Å². The SMILES string of the molecule is CCCc1ncc(C(C(=O)O)c2ccc(OCc3ccc(C(F)(F)F)cc3-c3nn[nH]n3)cc2)[nH]1. The monoisotopic (exact) mass is 486 g/mol. The topological polar surface area (TPSA) is 130 Å². The van der Waals surface area contributed by atoms with Gasteiger partial charge in [0, 0.05) is 23.7 Å². The molecule has 0 fully saturated rings. The third kappa shape index (κ3) is 5.48. The van der Waals surface area contributed by atoms with Gasteiger partial charge < -0.3 is 14.8 Å². The fraction of sp³-hybridized carbons (Fsp3) is 0.261. The van der Waals surface area contributed by atoms with Crippen LogP contribution in [0.1, 0.15) is 47.5 Å². The van der Waals surface area contributed by atoms with Crippen LogP contribution in [-0.4, -0.2) is 41.7 Å². The first-order chi connectivity index (χ1) is 16.8. The van der Waals surface area contributed by atoms with E-state index in [0.717, 1.165) is 30.8 Å². The van der Waals surface area contributed by atoms with E-state index in [2.05, 4.69) is 30.6 Å². The molecule has 1 atom stereocenters. The summed E-state index contributed by atoms with van der Waals surface area (Å²) in [5.74, 6) is -0.811. The van der Waals surface area contributed by atoms with Crippen LogP contribution in [-0.2, 0) is 24.0 Å². The van der Waals surface area contributed by atoms with Crippen LogP contribution in [0.2, 0.25) is 0 Å². The maximum absolute atomic E-state index is 13.2. The molecule has 0 aliphatic heterocycles. The molecular weight excluding hydrogens is 465 g/mol. The van der Waals surface area contributed by atoms with E-state index in [0.29, 0.717) is 22.6 Å². The minimum atomic E-state index is -4.53. The van der Waals surface area contributed by atoms with Gasteiger partial charge in [-0.25, -0.2) is 4.98 Å². The summed E-state index contributed by atoms with van der Waals surface area (Å²) in [5.41, 5.74) is 0.722. The largest absolute Gasteiger partial charge is 0.489 e. The normalized spacial score (nSPS) is 12.5. The van der Waals surface area contributed by atoms with Gasteiger partial charge in [0.15, 0.2) is 0 Å². The standard InChI is InChI=1S/C23H21F3N6O3/c1-2-3-19-27-11-18(28-19)20(22(33)34)13-5-8-16(9-6-13)35-12-14-4-7-15(23(24,25)26)10-17(14)21-29-31-32-30-21/h4-11,20H,2-3,12H2,1H3,(H,27,28)(H,33,34)(H,29,30,31,32). The number of halogens is 3. The van der Waals surface area contributed by atoms with Gasteiger partial charge in [-0.2, -0.15) is 18.4 Å². The Morgan fingerprint density at radius 2 is 1.94 bits per heavy atom. The smallest absolute Gasteiger partial charge is 0.416 e. The van der Waals surface area contributed by atoms with Gasteiger partial charge in [-0.1, -0.05) is 25.1 Å². The highest BCUT2D eigenvalue weighted by molar-refractivity contribution is 5.79. The number of hydrogen-bond acceptors (Lipinski definition) is 6. The molecule has 0 aliphatic rings. The molecule has 0 amide bonds. The van der Waals surface area contributed by atoms with Gasteiger partial charge in [0.1, 0.15) is 24.1 Å². The van der Waals surface area contributed by atoms with Crippen LogP contribution in [0.5, 0.6) is 5.75 Å². The number of benzene rings is 2. The van der Waals surface area contributed by atoms with Crippen LogP contribution in [0.3, 0.4) is 0 Å². The number of imidazole rings is 1. The van der Waals surface area contributed by atoms with Crippen molar-refractivity contribution < 1.29 is 27.8 Å². The number of carboxylic acid groups (broad SMARTS) is 1. The fourth-order valence-electron chi connectivity index (χ4n) is 3.62. The van der Waals surface area contributed by atoms with Crippen LogP contribution < -0.4 is 4.74 Å². The highest BCUT2D eigenvalue weighted by atomic mass is 19.4. The van der Waals surface area contributed by atoms with Crippen molar-refractivity contribution in [2.24, 2.45) is 0 Å². The van der Waals surface area contributed by atoms with Crippen LogP contribution in [0.15, 0.2) is 48.7 Å². The Bertz CT molecular complexity index is 1290. The predicted molar refractivity (Wildman–Crippen MR) is 117 cm³/mol. The Hall–Kier alpha value is -4.22. The molecule has 182 valence electrons. The molecular formula is C23H21F3N6O3. The number of aromatic amines is 2. The molecule has 2 aromatic carbocycles. The van der Waals surface area contributed by atoms with Crippen molar-refractivity contribution in [3.05, 3.63) is 76.9 Å². The molecule has 0 saturated heterocycles. The van der Waals surface area contributed by atoms with Gasteiger partial charge in [0.05, 0.1) is 11.3 Å². The van der Waals surface area contributed by atoms with Crippen molar-refractivity contribution in [3.8, 4) is 17.1 Å². The molecule has 35 heavy (non-hydrogen) atoms. The highest BCUT2D eigenvalue weighted by Gasteiger charge is 2.31. The molecule has 2 heterocycles. The number of aliphatic carboxylic acids is 1. The molecule has 4 aromatic rings. The lowest BCUT2D eigenvalue weighted by Gasteiger charge is -2.14. The second kappa shape index (κ2) is 9.95. The van der Waals surface area contributed by atoms with Crippen LogP contribution in [0, 0.1) is 0 Å². The summed E-state index contributed by atoms with van der Waals surface area (Å²) in [7, 11) is 0. The van der Waals surface area contributed by atoms with Crippen LogP contribution >= 0.6 is 0 Å². The van der Waals surface area contributed by atoms with Crippen LogP contribution in [0.25, 0.3) is 11.4 Å². The summed E-state index contributed by atoms with van der Waals surface area (Å²) in [4.78, 5) is 19.2. The number of aromatic nitrogens is 6. The van der Waals surface area contributed by atoms with E-state index in [9.17, 15) is 23.1 Å². The summed E-state index contributed by atoms with van der Waals surface area (Å²) >= 11 is 0. The molecule has 1 unspecified atom stereocenters. The Kier molecular flexibility index (Phi) is 6.80. The van der Waals surface area contributed by atoms with Gasteiger partial charge in [-0.3, -0.25) is 4.79 Å². The number of alkyl halides is 3. The second-order valence-corrected chi connectivity index (χ2v) is 7.77. The number of nitrogens with one attached hydrogen (secondary N) is 2. The molecule has 12 heteroatoms. The number of hydrogen-bond donors (Lipinski definition) is 3. The summed E-state index contributed by atoms with van der Waals surface area (Å²) in [6.07, 6.45) is -1.41. The lowest BCUT2D eigenvalue weighted by atomic mass is 9.96. The van der Waals surface area contributed by atoms with Crippen molar-refractivity contribution >= 4 is 5.97 Å². The minimum Gasteiger partial charge on any atom is -0.489 e. The van der Waals surface area contributed by atoms with Crippen molar-refractivity contribution in [1.82, 2.24) is 30.6 Å². The fourth-order valence-corrected chi connectivity index (χ4v) is 3.62. The predicted octanol–water partition coefficient (Wildman–Crippen LogP) is 4.36. The number of aryl methyl sites for hydroxylation is 1. The van der Waals surface area contributed by atoms with E-state index in [1.54, 1.807) is 24.3 Å². The summed E-state index contributed by atoms with van der Waals surface area (Å²) < 4.78 is 45.3. The number of ether oxygens (including phenoxy) is 1. The third-order valence-electron chi connectivity index (χ3n) is 5.32. The number of carboxylic acids is 1. The Labute approximate surface area is 197 Å². The van der Waals surface area contributed by atoms with Gasteiger partial charge in [-0.15, -0.1) is 10.2 Å². The second-order valence-electron chi connectivity index (χ2n) is 7.77. The van der Waals surface area contributed by atoms with E-state index in [1.165, 1.54) is 12.3 Å². The number of rotatable bonds is 9. The Morgan fingerprint density at radius 3 is 2.57 bits per heavy atom. The molecule has 0 spiro atoms. The van der Waals surface area contributed by atoms with E-state index >= 15 is 0 Å². The van der Waals surface area contributed by atoms with Crippen molar-refractivity contribution in [3.63, 3.8) is 0 Å². The number of nitrogens with zero attached hydrogens (tertiary/aromatic N) is 4. The molecule has 2 aromatic heterocycles. The molecule has 0 bridgehead atoms. The first-order valence-corrected chi connectivity index (χ1v) is 10.7. The molecule has 0 radical (unpaired) electrons. The highest BCUT2D eigenvalue weighted by Crippen LogP contribution is 2.33. The first-order valence-electron chi connectivity index (χ1n) is 10.7. The van der Waals surface area contributed by atoms with Crippen molar-refractivity contribution in [2.45, 2.75) is 38.5 Å². The minimum absolute atomic E-state index is 0.0105. The Balaban J connectivity index is 1.52. The zero-order valence-corrected chi connectivity index (χ0v) is 18.5. The van der Waals surface area contributed by atoms with E-state index < -0.39 is 23.6 Å². The zero-order chi connectivity index (χ0) is 25.0. The number of carbonyl (C=O) groups is 1. The van der Waals surface area contributed by atoms with Crippen molar-refractivity contribution in [2.75, 3.05) is 0 Å². The quantitative estimate of drug-likeness (QED) is 0.321. The third-order valence-corrected chi connectivity index (χ3v) is 5.32.